The molecule has 1 atom stereocenters. The molecule has 1 amide bonds. The van der Waals surface area contributed by atoms with E-state index >= 15 is 0 Å². The van der Waals surface area contributed by atoms with Gasteiger partial charge in [-0.25, -0.2) is 13.6 Å². The molecule has 0 heterocycles. The van der Waals surface area contributed by atoms with Crippen LogP contribution in [-0.4, -0.2) is 40.8 Å². The Bertz CT molecular complexity index is 1350. The second kappa shape index (κ2) is 10.9. The van der Waals surface area contributed by atoms with E-state index in [-0.39, 0.29) is 23.5 Å². The Kier molecular flexibility index (Phi) is 7.69. The van der Waals surface area contributed by atoms with E-state index in [2.05, 4.69) is 10.6 Å². The van der Waals surface area contributed by atoms with Crippen LogP contribution in [0.2, 0.25) is 0 Å². The van der Waals surface area contributed by atoms with Gasteiger partial charge in [0, 0.05) is 28.4 Å². The maximum Gasteiger partial charge on any atom is 0.326 e. The molecule has 0 saturated heterocycles. The SMILES string of the molecule is CSCCC(NC(=O)c1ccc2c(c1)C(=O)c1ccc(Nc3ccc(F)cc3F)cc1CC2)C(=O)O. The molecular weight excluding hydrogens is 486 g/mol. The highest BCUT2D eigenvalue weighted by Crippen LogP contribution is 2.29. The van der Waals surface area contributed by atoms with Crippen LogP contribution in [-0.2, 0) is 17.6 Å². The molecule has 6 nitrogen and oxygen atoms in total. The predicted molar refractivity (Wildman–Crippen MR) is 135 cm³/mol. The predicted octanol–water partition coefficient (Wildman–Crippen LogP) is 4.97. The number of nitrogens with one attached hydrogen (secondary N) is 2. The molecule has 4 rings (SSSR count). The van der Waals surface area contributed by atoms with Gasteiger partial charge in [0.05, 0.1) is 5.69 Å². The third-order valence-corrected chi connectivity index (χ3v) is 6.70. The van der Waals surface area contributed by atoms with Crippen molar-refractivity contribution in [2.24, 2.45) is 0 Å². The Hall–Kier alpha value is -3.72. The fraction of sp³-hybridized carbons (Fsp3) is 0.222. The Morgan fingerprint density at radius 3 is 2.50 bits per heavy atom. The van der Waals surface area contributed by atoms with Crippen molar-refractivity contribution in [2.45, 2.75) is 25.3 Å². The van der Waals surface area contributed by atoms with Gasteiger partial charge in [-0.1, -0.05) is 6.07 Å². The molecule has 9 heteroatoms. The number of carbonyl (C=O) groups is 3. The van der Waals surface area contributed by atoms with E-state index in [1.807, 2.05) is 6.26 Å². The first-order valence-corrected chi connectivity index (χ1v) is 12.7. The van der Waals surface area contributed by atoms with Crippen LogP contribution in [0.15, 0.2) is 54.6 Å². The van der Waals surface area contributed by atoms with Crippen molar-refractivity contribution in [1.29, 1.82) is 0 Å². The van der Waals surface area contributed by atoms with Crippen molar-refractivity contribution < 1.29 is 28.3 Å². The summed E-state index contributed by atoms with van der Waals surface area (Å²) in [6.45, 7) is 0. The summed E-state index contributed by atoms with van der Waals surface area (Å²) in [5.74, 6) is -2.72. The number of hydrogen-bond donors (Lipinski definition) is 3. The summed E-state index contributed by atoms with van der Waals surface area (Å²) in [4.78, 5) is 37.6. The summed E-state index contributed by atoms with van der Waals surface area (Å²) in [5, 5.41) is 14.9. The lowest BCUT2D eigenvalue weighted by Crippen LogP contribution is -2.41. The van der Waals surface area contributed by atoms with Gasteiger partial charge in [0.15, 0.2) is 5.78 Å². The maximum absolute atomic E-state index is 14.0. The second-order valence-electron chi connectivity index (χ2n) is 8.47. The van der Waals surface area contributed by atoms with Crippen molar-refractivity contribution in [1.82, 2.24) is 5.32 Å². The van der Waals surface area contributed by atoms with Crippen LogP contribution in [0.5, 0.6) is 0 Å². The van der Waals surface area contributed by atoms with E-state index < -0.39 is 29.6 Å². The fourth-order valence-electron chi connectivity index (χ4n) is 4.14. The number of hydrogen-bond acceptors (Lipinski definition) is 5. The molecule has 0 saturated carbocycles. The minimum Gasteiger partial charge on any atom is -0.480 e. The highest BCUT2D eigenvalue weighted by Gasteiger charge is 2.25. The van der Waals surface area contributed by atoms with E-state index in [9.17, 15) is 28.3 Å². The van der Waals surface area contributed by atoms with E-state index in [1.54, 1.807) is 30.3 Å². The number of amides is 1. The first-order chi connectivity index (χ1) is 17.3. The lowest BCUT2D eigenvalue weighted by atomic mass is 9.96. The number of benzene rings is 3. The van der Waals surface area contributed by atoms with Crippen LogP contribution < -0.4 is 10.6 Å². The molecule has 0 spiro atoms. The Labute approximate surface area is 211 Å². The monoisotopic (exact) mass is 510 g/mol. The summed E-state index contributed by atoms with van der Waals surface area (Å²) in [7, 11) is 0. The first-order valence-electron chi connectivity index (χ1n) is 11.3. The molecule has 1 aliphatic rings. The summed E-state index contributed by atoms with van der Waals surface area (Å²) >= 11 is 1.49. The van der Waals surface area contributed by atoms with Crippen molar-refractivity contribution in [3.8, 4) is 0 Å². The molecule has 0 fully saturated rings. The van der Waals surface area contributed by atoms with Crippen LogP contribution in [0.3, 0.4) is 0 Å². The molecule has 3 aromatic carbocycles. The lowest BCUT2D eigenvalue weighted by molar-refractivity contribution is -0.139. The van der Waals surface area contributed by atoms with E-state index in [1.165, 1.54) is 23.9 Å². The van der Waals surface area contributed by atoms with Gasteiger partial charge in [0.25, 0.3) is 5.91 Å². The van der Waals surface area contributed by atoms with Crippen LogP contribution >= 0.6 is 11.8 Å². The number of halogens is 2. The second-order valence-corrected chi connectivity index (χ2v) is 9.45. The molecule has 1 unspecified atom stereocenters. The van der Waals surface area contributed by atoms with Crippen LogP contribution in [0.4, 0.5) is 20.2 Å². The largest absolute Gasteiger partial charge is 0.480 e. The number of aliphatic carboxylic acids is 1. The van der Waals surface area contributed by atoms with Gasteiger partial charge in [-0.2, -0.15) is 11.8 Å². The van der Waals surface area contributed by atoms with Crippen molar-refractivity contribution in [3.63, 3.8) is 0 Å². The Morgan fingerprint density at radius 2 is 1.78 bits per heavy atom. The number of fused-ring (bicyclic) bond motifs is 2. The van der Waals surface area contributed by atoms with Crippen LogP contribution in [0, 0.1) is 11.6 Å². The zero-order valence-corrected chi connectivity index (χ0v) is 20.3. The summed E-state index contributed by atoms with van der Waals surface area (Å²) < 4.78 is 27.2. The molecular formula is C27H24F2N2O4S. The van der Waals surface area contributed by atoms with E-state index in [0.29, 0.717) is 35.4 Å². The smallest absolute Gasteiger partial charge is 0.326 e. The van der Waals surface area contributed by atoms with Crippen molar-refractivity contribution in [2.75, 3.05) is 17.3 Å². The highest BCUT2D eigenvalue weighted by molar-refractivity contribution is 7.98. The summed E-state index contributed by atoms with van der Waals surface area (Å²) in [6, 6.07) is 12.1. The van der Waals surface area contributed by atoms with Crippen molar-refractivity contribution >= 4 is 40.8 Å². The maximum atomic E-state index is 14.0. The first kappa shape index (κ1) is 25.4. The van der Waals surface area contributed by atoms with Crippen molar-refractivity contribution in [3.05, 3.63) is 94.0 Å². The molecule has 36 heavy (non-hydrogen) atoms. The number of carboxylic acids is 1. The van der Waals surface area contributed by atoms with Gasteiger partial charge in [0.2, 0.25) is 0 Å². The molecule has 0 bridgehead atoms. The summed E-state index contributed by atoms with van der Waals surface area (Å²) in [5.41, 5.74) is 3.30. The normalized spacial score (nSPS) is 13.2. The fourth-order valence-corrected chi connectivity index (χ4v) is 4.61. The zero-order valence-electron chi connectivity index (χ0n) is 19.4. The quantitative estimate of drug-likeness (QED) is 0.396. The number of anilines is 2. The highest BCUT2D eigenvalue weighted by atomic mass is 32.2. The zero-order chi connectivity index (χ0) is 25.8. The molecule has 0 aromatic heterocycles. The average molecular weight is 511 g/mol. The molecule has 0 radical (unpaired) electrons. The number of rotatable bonds is 8. The van der Waals surface area contributed by atoms with Gasteiger partial charge >= 0.3 is 5.97 Å². The minimum absolute atomic E-state index is 0.118. The number of ketones is 1. The van der Waals surface area contributed by atoms with Gasteiger partial charge in [0.1, 0.15) is 17.7 Å². The Morgan fingerprint density at radius 1 is 1.00 bits per heavy atom. The average Bonchev–Trinajstić information content (AvgIpc) is 2.99. The number of aryl methyl sites for hydroxylation is 2. The van der Waals surface area contributed by atoms with Crippen LogP contribution in [0.25, 0.3) is 0 Å². The molecule has 3 N–H and O–H groups in total. The van der Waals surface area contributed by atoms with E-state index in [4.69, 9.17) is 0 Å². The Balaban J connectivity index is 1.57. The molecule has 186 valence electrons. The third kappa shape index (κ3) is 5.57. The van der Waals surface area contributed by atoms with Gasteiger partial charge < -0.3 is 15.7 Å². The number of carbonyl (C=O) groups excluding carboxylic acids is 2. The third-order valence-electron chi connectivity index (χ3n) is 6.05. The minimum atomic E-state index is -1.11. The van der Waals surface area contributed by atoms with Crippen LogP contribution in [0.1, 0.15) is 43.8 Å². The standard InChI is InChI=1S/C27H24F2N2O4S/c1-36-11-10-24(27(34)35)31-26(33)17-5-3-15-2-4-16-12-19(7-8-20(16)25(32)21(15)13-17)30-23-9-6-18(28)14-22(23)29/h3,5-9,12-14,24,30H,2,4,10-11H2,1H3,(H,31,33)(H,34,35). The van der Waals surface area contributed by atoms with Gasteiger partial charge in [-0.15, -0.1) is 0 Å². The van der Waals surface area contributed by atoms with E-state index in [0.717, 1.165) is 23.3 Å². The lowest BCUT2D eigenvalue weighted by Gasteiger charge is -2.15. The molecule has 3 aromatic rings. The van der Waals surface area contributed by atoms with Gasteiger partial charge in [-0.3, -0.25) is 9.59 Å². The molecule has 1 aliphatic carbocycles. The number of carboxylic acid groups (broad SMARTS) is 1. The topological polar surface area (TPSA) is 95.5 Å². The number of thioether (sulfide) groups is 1. The van der Waals surface area contributed by atoms with Gasteiger partial charge in [-0.05, 0) is 84.9 Å². The molecule has 0 aliphatic heterocycles. The summed E-state index contributed by atoms with van der Waals surface area (Å²) in [6.07, 6.45) is 3.25.